The molecule has 0 bridgehead atoms. The summed E-state index contributed by atoms with van der Waals surface area (Å²) in [5.74, 6) is -1.47. The first-order chi connectivity index (χ1) is 33.2. The van der Waals surface area contributed by atoms with Crippen molar-refractivity contribution in [2.75, 3.05) is 26.4 Å². The van der Waals surface area contributed by atoms with Gasteiger partial charge in [0.05, 0.1) is 19.8 Å². The zero-order chi connectivity index (χ0) is 49.9. The number of allylic oxidation sites excluding steroid dienone is 6. The van der Waals surface area contributed by atoms with Crippen LogP contribution in [0.5, 0.6) is 0 Å². The van der Waals surface area contributed by atoms with E-state index in [1.165, 1.54) is 109 Å². The van der Waals surface area contributed by atoms with Crippen molar-refractivity contribution < 1.29 is 52.2 Å². The molecule has 0 heterocycles. The van der Waals surface area contributed by atoms with Crippen molar-refractivity contribution in [1.82, 2.24) is 0 Å². The van der Waals surface area contributed by atoms with Crippen molar-refractivity contribution >= 4 is 25.7 Å². The second-order valence-electron chi connectivity index (χ2n) is 18.7. The standard InChI is InChI=1S/C56H103O11P/c1-4-7-10-13-16-19-22-24-25-26-27-29-32-35-38-41-44-47-56(60)67-53(49-63-54(58)45-42-39-36-33-30-21-18-15-12-9-6-3)51-65-68(61,62)64-50-52(48-57)66-55(59)46-43-40-37-34-31-28-23-20-17-14-11-8-5-2/h15-16,18-19,24-25,52-53,57H,4-14,17,20-23,26-51H2,1-3H3,(H,61,62)/b18-15-,19-16-,25-24-. The molecule has 11 nitrogen and oxygen atoms in total. The average Bonchev–Trinajstić information content (AvgIpc) is 3.32. The van der Waals surface area contributed by atoms with Gasteiger partial charge in [0.1, 0.15) is 12.7 Å². The number of hydrogen-bond donors (Lipinski definition) is 2. The minimum atomic E-state index is -4.74. The van der Waals surface area contributed by atoms with E-state index in [9.17, 15) is 28.9 Å². The summed E-state index contributed by atoms with van der Waals surface area (Å²) in [7, 11) is -4.74. The van der Waals surface area contributed by atoms with E-state index in [1.54, 1.807) is 0 Å². The van der Waals surface area contributed by atoms with Gasteiger partial charge in [0.25, 0.3) is 0 Å². The summed E-state index contributed by atoms with van der Waals surface area (Å²) in [5, 5.41) is 9.79. The molecule has 0 fully saturated rings. The lowest BCUT2D eigenvalue weighted by molar-refractivity contribution is -0.161. The molecule has 0 aromatic heterocycles. The lowest BCUT2D eigenvalue weighted by atomic mass is 10.0. The topological polar surface area (TPSA) is 155 Å². The molecule has 398 valence electrons. The number of unbranched alkanes of at least 4 members (excludes halogenated alkanes) is 29. The zero-order valence-electron chi connectivity index (χ0n) is 43.8. The molecular weight excluding hydrogens is 880 g/mol. The van der Waals surface area contributed by atoms with Crippen molar-refractivity contribution in [3.05, 3.63) is 36.5 Å². The van der Waals surface area contributed by atoms with Gasteiger partial charge in [0, 0.05) is 19.3 Å². The molecule has 0 aliphatic carbocycles. The Morgan fingerprint density at radius 2 is 0.735 bits per heavy atom. The Hall–Kier alpha value is -2.30. The largest absolute Gasteiger partial charge is 0.472 e. The predicted molar refractivity (Wildman–Crippen MR) is 279 cm³/mol. The van der Waals surface area contributed by atoms with Crippen LogP contribution in [0.1, 0.15) is 265 Å². The molecule has 0 saturated carbocycles. The second kappa shape index (κ2) is 51.1. The van der Waals surface area contributed by atoms with E-state index in [0.717, 1.165) is 96.3 Å². The maximum absolute atomic E-state index is 12.9. The third-order valence-corrected chi connectivity index (χ3v) is 13.0. The van der Waals surface area contributed by atoms with Crippen LogP contribution in [-0.2, 0) is 42.2 Å². The Kier molecular flexibility index (Phi) is 49.3. The van der Waals surface area contributed by atoms with Gasteiger partial charge in [0.15, 0.2) is 6.10 Å². The van der Waals surface area contributed by atoms with Crippen LogP contribution in [0.4, 0.5) is 0 Å². The van der Waals surface area contributed by atoms with Gasteiger partial charge in [-0.3, -0.25) is 23.4 Å². The van der Waals surface area contributed by atoms with Crippen LogP contribution in [-0.4, -0.2) is 66.5 Å². The van der Waals surface area contributed by atoms with Gasteiger partial charge in [0.2, 0.25) is 0 Å². The van der Waals surface area contributed by atoms with Gasteiger partial charge in [-0.2, -0.15) is 0 Å². The quantitative estimate of drug-likeness (QED) is 0.0197. The SMILES string of the molecule is CCCC/C=C\CCCCCCCC(=O)OCC(COP(=O)(O)OCC(CO)OC(=O)CCCCCCCCCCCCCCC)OC(=O)CCCCCCCCC/C=C\C/C=C\CCCCC. The number of esters is 3. The number of aliphatic hydroxyl groups is 1. The summed E-state index contributed by atoms with van der Waals surface area (Å²) in [6.07, 6.45) is 51.0. The van der Waals surface area contributed by atoms with E-state index >= 15 is 0 Å². The predicted octanol–water partition coefficient (Wildman–Crippen LogP) is 16.0. The first-order valence-electron chi connectivity index (χ1n) is 27.9. The minimum Gasteiger partial charge on any atom is -0.462 e. The molecule has 0 rings (SSSR count). The van der Waals surface area contributed by atoms with Crippen LogP contribution in [0, 0.1) is 0 Å². The lowest BCUT2D eigenvalue weighted by Gasteiger charge is -2.21. The minimum absolute atomic E-state index is 0.160. The average molecular weight is 983 g/mol. The Morgan fingerprint density at radius 1 is 0.412 bits per heavy atom. The molecule has 12 heteroatoms. The van der Waals surface area contributed by atoms with Gasteiger partial charge in [-0.1, -0.05) is 211 Å². The van der Waals surface area contributed by atoms with Gasteiger partial charge in [-0.15, -0.1) is 0 Å². The molecule has 0 saturated heterocycles. The summed E-state index contributed by atoms with van der Waals surface area (Å²) in [6.45, 7) is 4.58. The van der Waals surface area contributed by atoms with Crippen molar-refractivity contribution in [2.24, 2.45) is 0 Å². The summed E-state index contributed by atoms with van der Waals surface area (Å²) < 4.78 is 39.4. The van der Waals surface area contributed by atoms with E-state index < -0.39 is 57.8 Å². The highest BCUT2D eigenvalue weighted by molar-refractivity contribution is 7.47. The highest BCUT2D eigenvalue weighted by Crippen LogP contribution is 2.43. The second-order valence-corrected chi connectivity index (χ2v) is 20.2. The fourth-order valence-corrected chi connectivity index (χ4v) is 8.50. The number of carbonyl (C=O) groups is 3. The number of phosphoric ester groups is 1. The first kappa shape index (κ1) is 65.7. The summed E-state index contributed by atoms with van der Waals surface area (Å²) in [4.78, 5) is 48.4. The van der Waals surface area contributed by atoms with E-state index in [2.05, 4.69) is 57.2 Å². The van der Waals surface area contributed by atoms with Crippen LogP contribution < -0.4 is 0 Å². The smallest absolute Gasteiger partial charge is 0.462 e. The van der Waals surface area contributed by atoms with E-state index in [1.807, 2.05) is 0 Å². The van der Waals surface area contributed by atoms with E-state index in [4.69, 9.17) is 23.3 Å². The summed E-state index contributed by atoms with van der Waals surface area (Å²) in [6, 6.07) is 0. The Labute approximate surface area is 416 Å². The lowest BCUT2D eigenvalue weighted by Crippen LogP contribution is -2.30. The van der Waals surface area contributed by atoms with Crippen molar-refractivity contribution in [1.29, 1.82) is 0 Å². The normalized spacial score (nSPS) is 13.7. The number of carbonyl (C=O) groups excluding carboxylic acids is 3. The van der Waals surface area contributed by atoms with E-state index in [-0.39, 0.29) is 25.9 Å². The van der Waals surface area contributed by atoms with Crippen LogP contribution in [0.2, 0.25) is 0 Å². The van der Waals surface area contributed by atoms with Gasteiger partial charge in [-0.25, -0.2) is 4.57 Å². The first-order valence-corrected chi connectivity index (χ1v) is 29.4. The molecule has 0 aliphatic rings. The van der Waals surface area contributed by atoms with Crippen LogP contribution in [0.25, 0.3) is 0 Å². The van der Waals surface area contributed by atoms with Crippen molar-refractivity contribution in [3.63, 3.8) is 0 Å². The van der Waals surface area contributed by atoms with Crippen molar-refractivity contribution in [2.45, 2.75) is 277 Å². The fraction of sp³-hybridized carbons (Fsp3) is 0.839. The summed E-state index contributed by atoms with van der Waals surface area (Å²) >= 11 is 0. The zero-order valence-corrected chi connectivity index (χ0v) is 44.7. The Morgan fingerprint density at radius 3 is 1.18 bits per heavy atom. The third kappa shape index (κ3) is 48.7. The molecular formula is C56H103O11P. The fourth-order valence-electron chi connectivity index (χ4n) is 7.72. The molecule has 0 aromatic rings. The summed E-state index contributed by atoms with van der Waals surface area (Å²) in [5.41, 5.74) is 0. The van der Waals surface area contributed by atoms with Gasteiger partial charge < -0.3 is 24.2 Å². The maximum atomic E-state index is 12.9. The third-order valence-electron chi connectivity index (χ3n) is 12.0. The molecule has 3 unspecified atom stereocenters. The van der Waals surface area contributed by atoms with Crippen LogP contribution in [0.15, 0.2) is 36.5 Å². The van der Waals surface area contributed by atoms with Gasteiger partial charge >= 0.3 is 25.7 Å². The number of ether oxygens (including phenoxy) is 3. The molecule has 0 aromatic carbocycles. The Bertz CT molecular complexity index is 1280. The molecule has 68 heavy (non-hydrogen) atoms. The highest BCUT2D eigenvalue weighted by atomic mass is 31.2. The molecule has 0 radical (unpaired) electrons. The van der Waals surface area contributed by atoms with Crippen LogP contribution >= 0.6 is 7.82 Å². The van der Waals surface area contributed by atoms with Crippen molar-refractivity contribution in [3.8, 4) is 0 Å². The number of rotatable bonds is 52. The number of hydrogen-bond acceptors (Lipinski definition) is 10. The van der Waals surface area contributed by atoms with Crippen LogP contribution in [0.3, 0.4) is 0 Å². The molecule has 3 atom stereocenters. The monoisotopic (exact) mass is 983 g/mol. The number of aliphatic hydroxyl groups excluding tert-OH is 1. The highest BCUT2D eigenvalue weighted by Gasteiger charge is 2.28. The van der Waals surface area contributed by atoms with Gasteiger partial charge in [-0.05, 0) is 70.6 Å². The number of phosphoric acid groups is 1. The molecule has 0 aliphatic heterocycles. The maximum Gasteiger partial charge on any atom is 0.472 e. The Balaban J connectivity index is 4.70. The van der Waals surface area contributed by atoms with E-state index in [0.29, 0.717) is 19.3 Å². The molecule has 0 spiro atoms. The molecule has 2 N–H and O–H groups in total. The molecule has 0 amide bonds.